The number of rotatable bonds is 12. The van der Waals surface area contributed by atoms with Gasteiger partial charge in [-0.2, -0.15) is 0 Å². The van der Waals surface area contributed by atoms with Gasteiger partial charge in [-0.25, -0.2) is 0 Å². The van der Waals surface area contributed by atoms with E-state index in [2.05, 4.69) is 27.7 Å². The van der Waals surface area contributed by atoms with Crippen LogP contribution in [0.2, 0.25) is 0 Å². The van der Waals surface area contributed by atoms with Crippen LogP contribution in [-0.4, -0.2) is 12.3 Å². The molecule has 2 heteroatoms. The lowest BCUT2D eigenvalue weighted by atomic mass is 10.0. The lowest BCUT2D eigenvalue weighted by molar-refractivity contribution is 0.470. The molecule has 0 rings (SSSR count). The standard InChI is InChI=1S/C16H34OP/c1-5-9-11-15(7-3)13-18(17)14-16(8-4)12-10-6-2/h15-16H,5-14H2,1-4H3/q+1/t15-,16+. The van der Waals surface area contributed by atoms with Crippen LogP contribution in [0.1, 0.15) is 79.1 Å². The van der Waals surface area contributed by atoms with Crippen molar-refractivity contribution in [2.45, 2.75) is 79.1 Å². The summed E-state index contributed by atoms with van der Waals surface area (Å²) >= 11 is 0. The van der Waals surface area contributed by atoms with Crippen molar-refractivity contribution in [3.8, 4) is 0 Å². The van der Waals surface area contributed by atoms with Crippen molar-refractivity contribution in [1.82, 2.24) is 0 Å². The van der Waals surface area contributed by atoms with Gasteiger partial charge in [0, 0.05) is 11.8 Å². The molecule has 0 amide bonds. The summed E-state index contributed by atoms with van der Waals surface area (Å²) in [6.07, 6.45) is 12.0. The first-order chi connectivity index (χ1) is 8.67. The SMILES string of the molecule is CCCC[C@@H](CC)C[P+](=O)C[C@@H](CC)CCCC. The largest absolute Gasteiger partial charge is 0.339 e. The van der Waals surface area contributed by atoms with Crippen molar-refractivity contribution in [2.24, 2.45) is 11.8 Å². The van der Waals surface area contributed by atoms with Gasteiger partial charge < -0.3 is 0 Å². The third-order valence-corrected chi connectivity index (χ3v) is 5.86. The molecule has 0 radical (unpaired) electrons. The Morgan fingerprint density at radius 3 is 1.44 bits per heavy atom. The zero-order valence-corrected chi connectivity index (χ0v) is 14.0. The van der Waals surface area contributed by atoms with Gasteiger partial charge in [-0.3, -0.25) is 0 Å². The Kier molecular flexibility index (Phi) is 12.2. The van der Waals surface area contributed by atoms with Gasteiger partial charge in [0.1, 0.15) is 12.3 Å². The summed E-state index contributed by atoms with van der Waals surface area (Å²) in [4.78, 5) is 0. The molecule has 0 saturated carbocycles. The van der Waals surface area contributed by atoms with Crippen LogP contribution in [0, 0.1) is 11.8 Å². The number of hydrogen-bond acceptors (Lipinski definition) is 1. The molecule has 18 heavy (non-hydrogen) atoms. The van der Waals surface area contributed by atoms with Gasteiger partial charge in [-0.1, -0.05) is 57.9 Å². The predicted octanol–water partition coefficient (Wildman–Crippen LogP) is 6.25. The third kappa shape index (κ3) is 9.09. The van der Waals surface area contributed by atoms with Crippen LogP contribution >= 0.6 is 7.80 Å². The Hall–Kier alpha value is 0.100. The zero-order valence-electron chi connectivity index (χ0n) is 13.1. The molecule has 0 aliphatic heterocycles. The summed E-state index contributed by atoms with van der Waals surface area (Å²) in [6.45, 7) is 8.98. The Morgan fingerprint density at radius 2 is 1.17 bits per heavy atom. The summed E-state index contributed by atoms with van der Waals surface area (Å²) in [5, 5.41) is 0. The smallest absolute Gasteiger partial charge is 0.0748 e. The van der Waals surface area contributed by atoms with Crippen molar-refractivity contribution in [2.75, 3.05) is 12.3 Å². The van der Waals surface area contributed by atoms with Crippen LogP contribution in [-0.2, 0) is 4.57 Å². The highest BCUT2D eigenvalue weighted by Crippen LogP contribution is 2.33. The summed E-state index contributed by atoms with van der Waals surface area (Å²) < 4.78 is 12.3. The second-order valence-electron chi connectivity index (χ2n) is 5.68. The maximum atomic E-state index is 12.3. The van der Waals surface area contributed by atoms with Crippen LogP contribution in [0.4, 0.5) is 0 Å². The van der Waals surface area contributed by atoms with Crippen LogP contribution in [0.3, 0.4) is 0 Å². The molecule has 0 heterocycles. The lowest BCUT2D eigenvalue weighted by Crippen LogP contribution is -2.07. The Balaban J connectivity index is 3.96. The van der Waals surface area contributed by atoms with E-state index in [1.165, 1.54) is 51.4 Å². The molecule has 0 saturated heterocycles. The second kappa shape index (κ2) is 12.2. The molecule has 0 fully saturated rings. The highest BCUT2D eigenvalue weighted by Gasteiger charge is 2.25. The van der Waals surface area contributed by atoms with Crippen LogP contribution in [0.25, 0.3) is 0 Å². The average Bonchev–Trinajstić information content (AvgIpc) is 2.39. The van der Waals surface area contributed by atoms with E-state index in [0.29, 0.717) is 11.8 Å². The molecule has 0 aromatic rings. The molecule has 0 aromatic carbocycles. The van der Waals surface area contributed by atoms with Gasteiger partial charge in [-0.05, 0) is 25.7 Å². The Bertz CT molecular complexity index is 183. The van der Waals surface area contributed by atoms with Gasteiger partial charge in [0.2, 0.25) is 0 Å². The van der Waals surface area contributed by atoms with E-state index < -0.39 is 7.80 Å². The highest BCUT2D eigenvalue weighted by molar-refractivity contribution is 7.44. The molecule has 3 atom stereocenters. The summed E-state index contributed by atoms with van der Waals surface area (Å²) in [5.74, 6) is 1.41. The van der Waals surface area contributed by atoms with E-state index in [-0.39, 0.29) is 0 Å². The molecule has 0 bridgehead atoms. The van der Waals surface area contributed by atoms with Crippen molar-refractivity contribution < 1.29 is 4.57 Å². The van der Waals surface area contributed by atoms with Crippen molar-refractivity contribution >= 4 is 7.80 Å². The maximum absolute atomic E-state index is 12.3. The molecule has 1 nitrogen and oxygen atoms in total. The minimum atomic E-state index is -0.954. The fraction of sp³-hybridized carbons (Fsp3) is 1.00. The molecule has 0 aromatic heterocycles. The van der Waals surface area contributed by atoms with E-state index in [9.17, 15) is 4.57 Å². The number of hydrogen-bond donors (Lipinski definition) is 0. The monoisotopic (exact) mass is 273 g/mol. The zero-order chi connectivity index (χ0) is 13.8. The van der Waals surface area contributed by atoms with Gasteiger partial charge in [0.25, 0.3) is 0 Å². The van der Waals surface area contributed by atoms with Gasteiger partial charge in [-0.15, -0.1) is 0 Å². The predicted molar refractivity (Wildman–Crippen MR) is 84.0 cm³/mol. The minimum absolute atomic E-state index is 0.706. The number of unbranched alkanes of at least 4 members (excludes halogenated alkanes) is 2. The summed E-state index contributed by atoms with van der Waals surface area (Å²) in [5.41, 5.74) is 0. The van der Waals surface area contributed by atoms with E-state index in [4.69, 9.17) is 0 Å². The molecular weight excluding hydrogens is 239 g/mol. The Morgan fingerprint density at radius 1 is 0.778 bits per heavy atom. The highest BCUT2D eigenvalue weighted by atomic mass is 31.1. The van der Waals surface area contributed by atoms with Crippen molar-refractivity contribution in [3.05, 3.63) is 0 Å². The van der Waals surface area contributed by atoms with Crippen molar-refractivity contribution in [3.63, 3.8) is 0 Å². The van der Waals surface area contributed by atoms with Gasteiger partial charge in [0.15, 0.2) is 0 Å². The fourth-order valence-corrected chi connectivity index (χ4v) is 4.67. The summed E-state index contributed by atoms with van der Waals surface area (Å²) in [6, 6.07) is 0. The molecule has 0 spiro atoms. The quantitative estimate of drug-likeness (QED) is 0.384. The normalized spacial score (nSPS) is 15.4. The van der Waals surface area contributed by atoms with E-state index in [0.717, 1.165) is 12.3 Å². The van der Waals surface area contributed by atoms with E-state index >= 15 is 0 Å². The third-order valence-electron chi connectivity index (χ3n) is 4.01. The van der Waals surface area contributed by atoms with Crippen LogP contribution in [0.15, 0.2) is 0 Å². The molecular formula is C16H34OP+. The first-order valence-electron chi connectivity index (χ1n) is 8.09. The molecule has 1 unspecified atom stereocenters. The minimum Gasteiger partial charge on any atom is -0.0748 e. The van der Waals surface area contributed by atoms with Crippen LogP contribution in [0.5, 0.6) is 0 Å². The molecule has 0 aliphatic carbocycles. The Labute approximate surface area is 116 Å². The van der Waals surface area contributed by atoms with Gasteiger partial charge >= 0.3 is 7.80 Å². The summed E-state index contributed by atoms with van der Waals surface area (Å²) in [7, 11) is -0.954. The van der Waals surface area contributed by atoms with Crippen LogP contribution < -0.4 is 0 Å². The molecule has 0 N–H and O–H groups in total. The molecule has 108 valence electrons. The van der Waals surface area contributed by atoms with Crippen molar-refractivity contribution in [1.29, 1.82) is 0 Å². The van der Waals surface area contributed by atoms with E-state index in [1.54, 1.807) is 0 Å². The maximum Gasteiger partial charge on any atom is 0.339 e. The second-order valence-corrected chi connectivity index (χ2v) is 7.37. The average molecular weight is 273 g/mol. The first kappa shape index (κ1) is 18.1. The lowest BCUT2D eigenvalue weighted by Gasteiger charge is -2.11. The first-order valence-corrected chi connectivity index (χ1v) is 9.72. The topological polar surface area (TPSA) is 17.1 Å². The molecule has 0 aliphatic rings. The fourth-order valence-electron chi connectivity index (χ4n) is 2.49. The van der Waals surface area contributed by atoms with E-state index in [1.807, 2.05) is 0 Å². The van der Waals surface area contributed by atoms with Gasteiger partial charge in [0.05, 0.1) is 0 Å².